The van der Waals surface area contributed by atoms with Crippen LogP contribution in [0.15, 0.2) is 65.1 Å². The van der Waals surface area contributed by atoms with E-state index in [1.807, 2.05) is 67.6 Å². The molecule has 0 aliphatic carbocycles. The summed E-state index contributed by atoms with van der Waals surface area (Å²) < 4.78 is 11.0. The molecule has 0 fully saturated rings. The van der Waals surface area contributed by atoms with Gasteiger partial charge in [0.2, 0.25) is 0 Å². The number of nitrogens with one attached hydrogen (secondary N) is 1. The average Bonchev–Trinajstić information content (AvgIpc) is 3.11. The van der Waals surface area contributed by atoms with Gasteiger partial charge >= 0.3 is 5.97 Å². The fourth-order valence-electron chi connectivity index (χ4n) is 2.85. The van der Waals surface area contributed by atoms with E-state index in [4.69, 9.17) is 9.15 Å². The lowest BCUT2D eigenvalue weighted by molar-refractivity contribution is -0.153. The Morgan fingerprint density at radius 1 is 1.07 bits per heavy atom. The molecule has 3 aromatic rings. The van der Waals surface area contributed by atoms with E-state index in [2.05, 4.69) is 5.32 Å². The number of hydrogen-bond donors (Lipinski definition) is 1. The molecule has 1 aromatic heterocycles. The predicted molar refractivity (Wildman–Crippen MR) is 103 cm³/mol. The quantitative estimate of drug-likeness (QED) is 0.667. The Morgan fingerprint density at radius 2 is 1.74 bits per heavy atom. The molecule has 0 spiro atoms. The fourth-order valence-corrected chi connectivity index (χ4v) is 2.85. The summed E-state index contributed by atoms with van der Waals surface area (Å²) >= 11 is 0. The van der Waals surface area contributed by atoms with E-state index < -0.39 is 11.4 Å². The number of para-hydroxylation sites is 1. The lowest BCUT2D eigenvalue weighted by Crippen LogP contribution is -2.36. The second-order valence-electron chi connectivity index (χ2n) is 7.04. The van der Waals surface area contributed by atoms with Crippen molar-refractivity contribution in [3.05, 3.63) is 72.0 Å². The summed E-state index contributed by atoms with van der Waals surface area (Å²) in [5, 5.41) is 3.77. The monoisotopic (exact) mass is 365 g/mol. The second-order valence-corrected chi connectivity index (χ2v) is 7.04. The number of fused-ring (bicyclic) bond motifs is 1. The highest BCUT2D eigenvalue weighted by atomic mass is 16.5. The number of hydrogen-bond acceptors (Lipinski definition) is 4. The summed E-state index contributed by atoms with van der Waals surface area (Å²) in [6, 6.07) is 18.6. The second kappa shape index (κ2) is 7.66. The van der Waals surface area contributed by atoms with E-state index in [1.165, 1.54) is 0 Å². The SMILES string of the molecule is C[C@H](NC(=O)COC(=O)C(C)(C)c1ccccc1)c1cc2ccccc2o1. The van der Waals surface area contributed by atoms with Crippen LogP contribution < -0.4 is 5.32 Å². The zero-order valence-electron chi connectivity index (χ0n) is 15.7. The minimum Gasteiger partial charge on any atom is -0.459 e. The van der Waals surface area contributed by atoms with Crippen LogP contribution in [0.1, 0.15) is 38.1 Å². The van der Waals surface area contributed by atoms with Crippen LogP contribution in [0.25, 0.3) is 11.0 Å². The predicted octanol–water partition coefficient (Wildman–Crippen LogP) is 4.13. The van der Waals surface area contributed by atoms with E-state index >= 15 is 0 Å². The molecular formula is C22H23NO4. The highest BCUT2D eigenvalue weighted by Gasteiger charge is 2.31. The van der Waals surface area contributed by atoms with Gasteiger partial charge in [-0.05, 0) is 38.5 Å². The highest BCUT2D eigenvalue weighted by Crippen LogP contribution is 2.25. The molecule has 0 radical (unpaired) electrons. The van der Waals surface area contributed by atoms with Gasteiger partial charge in [-0.25, -0.2) is 0 Å². The van der Waals surface area contributed by atoms with Crippen LogP contribution in [0.3, 0.4) is 0 Å². The maximum Gasteiger partial charge on any atom is 0.316 e. The molecule has 5 nitrogen and oxygen atoms in total. The molecule has 1 heterocycles. The summed E-state index contributed by atoms with van der Waals surface area (Å²) in [6.07, 6.45) is 0. The number of rotatable bonds is 6. The van der Waals surface area contributed by atoms with Gasteiger partial charge in [-0.2, -0.15) is 0 Å². The van der Waals surface area contributed by atoms with Crippen molar-refractivity contribution >= 4 is 22.8 Å². The number of esters is 1. The molecule has 1 N–H and O–H groups in total. The lowest BCUT2D eigenvalue weighted by atomic mass is 9.85. The van der Waals surface area contributed by atoms with Crippen LogP contribution in [-0.4, -0.2) is 18.5 Å². The van der Waals surface area contributed by atoms with Gasteiger partial charge in [0.05, 0.1) is 11.5 Å². The third kappa shape index (κ3) is 4.19. The van der Waals surface area contributed by atoms with Crippen molar-refractivity contribution in [1.29, 1.82) is 0 Å². The van der Waals surface area contributed by atoms with E-state index in [1.54, 1.807) is 13.8 Å². The van der Waals surface area contributed by atoms with Crippen molar-refractivity contribution in [2.45, 2.75) is 32.2 Å². The lowest BCUT2D eigenvalue weighted by Gasteiger charge is -2.23. The summed E-state index contributed by atoms with van der Waals surface area (Å²) in [4.78, 5) is 24.6. The average molecular weight is 365 g/mol. The molecule has 3 rings (SSSR count). The zero-order valence-corrected chi connectivity index (χ0v) is 15.7. The maximum atomic E-state index is 12.4. The molecule has 1 atom stereocenters. The first-order valence-electron chi connectivity index (χ1n) is 8.88. The van der Waals surface area contributed by atoms with Crippen LogP contribution in [0, 0.1) is 0 Å². The number of furan rings is 1. The molecule has 0 unspecified atom stereocenters. The third-order valence-corrected chi connectivity index (χ3v) is 4.59. The molecule has 140 valence electrons. The van der Waals surface area contributed by atoms with Crippen molar-refractivity contribution in [1.82, 2.24) is 5.32 Å². The van der Waals surface area contributed by atoms with Gasteiger partial charge in [0.15, 0.2) is 6.61 Å². The van der Waals surface area contributed by atoms with Crippen LogP contribution in [0.2, 0.25) is 0 Å². The molecule has 5 heteroatoms. The van der Waals surface area contributed by atoms with E-state index in [9.17, 15) is 9.59 Å². The van der Waals surface area contributed by atoms with E-state index in [-0.39, 0.29) is 18.6 Å². The minimum absolute atomic E-state index is 0.328. The molecule has 0 saturated carbocycles. The highest BCUT2D eigenvalue weighted by molar-refractivity contribution is 5.86. The Morgan fingerprint density at radius 3 is 2.44 bits per heavy atom. The van der Waals surface area contributed by atoms with Gasteiger partial charge in [0.25, 0.3) is 5.91 Å². The summed E-state index contributed by atoms with van der Waals surface area (Å²) in [7, 11) is 0. The smallest absolute Gasteiger partial charge is 0.316 e. The van der Waals surface area contributed by atoms with E-state index in [0.29, 0.717) is 5.76 Å². The number of benzene rings is 2. The minimum atomic E-state index is -0.827. The molecule has 2 aromatic carbocycles. The molecule has 0 aliphatic heterocycles. The Hall–Kier alpha value is -3.08. The van der Waals surface area contributed by atoms with Crippen molar-refractivity contribution in [2.24, 2.45) is 0 Å². The zero-order chi connectivity index (χ0) is 19.4. The fraction of sp³-hybridized carbons (Fsp3) is 0.273. The van der Waals surface area contributed by atoms with Crippen molar-refractivity contribution < 1.29 is 18.7 Å². The number of amides is 1. The Balaban J connectivity index is 1.56. The molecule has 0 saturated heterocycles. The number of ether oxygens (including phenoxy) is 1. The van der Waals surface area contributed by atoms with Gasteiger partial charge in [-0.15, -0.1) is 0 Å². The molecule has 1 amide bonds. The van der Waals surface area contributed by atoms with Crippen molar-refractivity contribution in [3.63, 3.8) is 0 Å². The Bertz CT molecular complexity index is 910. The summed E-state index contributed by atoms with van der Waals surface area (Å²) in [5.74, 6) is -0.166. The van der Waals surface area contributed by atoms with Gasteiger partial charge < -0.3 is 14.5 Å². The number of carbonyl (C=O) groups is 2. The topological polar surface area (TPSA) is 68.5 Å². The van der Waals surface area contributed by atoms with Gasteiger partial charge in [-0.1, -0.05) is 48.5 Å². The Labute approximate surface area is 158 Å². The van der Waals surface area contributed by atoms with Crippen LogP contribution in [0.4, 0.5) is 0 Å². The summed E-state index contributed by atoms with van der Waals surface area (Å²) in [5.41, 5.74) is 0.780. The first-order valence-corrected chi connectivity index (χ1v) is 8.88. The summed E-state index contributed by atoms with van der Waals surface area (Å²) in [6.45, 7) is 5.05. The molecular weight excluding hydrogens is 342 g/mol. The van der Waals surface area contributed by atoms with Gasteiger partial charge in [-0.3, -0.25) is 9.59 Å². The third-order valence-electron chi connectivity index (χ3n) is 4.59. The Kier molecular flexibility index (Phi) is 5.31. The number of carbonyl (C=O) groups excluding carboxylic acids is 2. The van der Waals surface area contributed by atoms with Gasteiger partial charge in [0, 0.05) is 5.39 Å². The van der Waals surface area contributed by atoms with Crippen molar-refractivity contribution in [3.8, 4) is 0 Å². The molecule has 0 bridgehead atoms. The normalized spacial score (nSPS) is 12.6. The first kappa shape index (κ1) is 18.7. The van der Waals surface area contributed by atoms with Crippen LogP contribution >= 0.6 is 0 Å². The van der Waals surface area contributed by atoms with E-state index in [0.717, 1.165) is 16.5 Å². The van der Waals surface area contributed by atoms with Crippen molar-refractivity contribution in [2.75, 3.05) is 6.61 Å². The standard InChI is InChI=1S/C22H23NO4/c1-15(19-13-16-9-7-8-12-18(16)27-19)23-20(24)14-26-21(25)22(2,3)17-10-5-4-6-11-17/h4-13,15H,14H2,1-3H3,(H,23,24)/t15-/m0/s1. The maximum absolute atomic E-state index is 12.4. The molecule has 27 heavy (non-hydrogen) atoms. The first-order chi connectivity index (χ1) is 12.9. The largest absolute Gasteiger partial charge is 0.459 e. The molecule has 0 aliphatic rings. The van der Waals surface area contributed by atoms with Gasteiger partial charge in [0.1, 0.15) is 11.3 Å². The van der Waals surface area contributed by atoms with Crippen LogP contribution in [-0.2, 0) is 19.7 Å². The van der Waals surface area contributed by atoms with Crippen LogP contribution in [0.5, 0.6) is 0 Å².